The van der Waals surface area contributed by atoms with E-state index in [2.05, 4.69) is 0 Å². The molecule has 2 unspecified atom stereocenters. The van der Waals surface area contributed by atoms with Gasteiger partial charge in [0.25, 0.3) is 6.47 Å². The molecule has 1 saturated carbocycles. The van der Waals surface area contributed by atoms with Gasteiger partial charge in [-0.25, -0.2) is 0 Å². The molecular weight excluding hydrogens is 268 g/mol. The molecule has 116 valence electrons. The van der Waals surface area contributed by atoms with E-state index in [1.54, 1.807) is 0 Å². The summed E-state index contributed by atoms with van der Waals surface area (Å²) in [7, 11) is 0. The first-order chi connectivity index (χ1) is 10.3. The van der Waals surface area contributed by atoms with E-state index in [0.29, 0.717) is 13.1 Å². The zero-order chi connectivity index (χ0) is 15.3. The molecule has 2 rings (SSSR count). The molecule has 21 heavy (non-hydrogen) atoms. The van der Waals surface area contributed by atoms with Gasteiger partial charge in [-0.15, -0.1) is 0 Å². The van der Waals surface area contributed by atoms with Crippen LogP contribution in [0, 0.1) is 5.92 Å². The molecule has 2 atom stereocenters. The normalized spacial score (nSPS) is 20.0. The molecule has 0 aliphatic heterocycles. The summed E-state index contributed by atoms with van der Waals surface area (Å²) in [4.78, 5) is 21.8. The smallest absolute Gasteiger partial charge is 0.312 e. The van der Waals surface area contributed by atoms with Gasteiger partial charge in [-0.3, -0.25) is 9.59 Å². The third-order valence-electron chi connectivity index (χ3n) is 3.39. The van der Waals surface area contributed by atoms with Gasteiger partial charge in [0.05, 0.1) is 12.5 Å². The lowest BCUT2D eigenvalue weighted by atomic mass is 10.1. The van der Waals surface area contributed by atoms with Crippen LogP contribution in [0.1, 0.15) is 39.0 Å². The van der Waals surface area contributed by atoms with Crippen molar-refractivity contribution in [2.75, 3.05) is 6.61 Å². The van der Waals surface area contributed by atoms with E-state index in [0.717, 1.165) is 32.1 Å². The molecule has 0 aromatic heterocycles. The Labute approximate surface area is 126 Å². The van der Waals surface area contributed by atoms with Crippen molar-refractivity contribution in [3.63, 3.8) is 0 Å². The summed E-state index contributed by atoms with van der Waals surface area (Å²) in [6.07, 6.45) is 4.09. The Morgan fingerprint density at radius 3 is 2.29 bits per heavy atom. The minimum atomic E-state index is -0.267. The molecule has 0 saturated heterocycles. The van der Waals surface area contributed by atoms with Gasteiger partial charge >= 0.3 is 5.97 Å². The van der Waals surface area contributed by atoms with Crippen LogP contribution >= 0.6 is 0 Å². The first-order valence-electron chi connectivity index (χ1n) is 7.55. The summed E-state index contributed by atoms with van der Waals surface area (Å²) >= 11 is 0. The second kappa shape index (κ2) is 10.9. The van der Waals surface area contributed by atoms with Crippen LogP contribution in [0.2, 0.25) is 0 Å². The number of benzene rings is 1. The van der Waals surface area contributed by atoms with Gasteiger partial charge in [-0.1, -0.05) is 49.7 Å². The number of esters is 1. The second-order valence-corrected chi connectivity index (χ2v) is 4.98. The fourth-order valence-corrected chi connectivity index (χ4v) is 2.24. The summed E-state index contributed by atoms with van der Waals surface area (Å²) in [5.41, 5.74) is 0. The third-order valence-corrected chi connectivity index (χ3v) is 3.39. The minimum absolute atomic E-state index is 0.215. The molecule has 0 amide bonds. The number of carbonyl (C=O) groups is 2. The van der Waals surface area contributed by atoms with Gasteiger partial charge in [-0.05, 0) is 25.7 Å². The maximum Gasteiger partial charge on any atom is 0.312 e. The average molecular weight is 292 g/mol. The minimum Gasteiger partial charge on any atom is -0.465 e. The molecule has 4 heteroatoms. The summed E-state index contributed by atoms with van der Waals surface area (Å²) in [6.45, 7) is 2.93. The second-order valence-electron chi connectivity index (χ2n) is 4.98. The number of ether oxygens (including phenoxy) is 2. The van der Waals surface area contributed by atoms with Gasteiger partial charge in [-0.2, -0.15) is 0 Å². The molecule has 1 fully saturated rings. The standard InChI is InChI=1S/C11H18O4.C6H6/c1-2-3-7-14-11(13)9-5-4-6-10(9)15-8-12;1-2-4-6-5-3-1/h8-10H,2-7H2,1H3;1-6H. The van der Waals surface area contributed by atoms with Crippen molar-refractivity contribution in [2.24, 2.45) is 5.92 Å². The van der Waals surface area contributed by atoms with Crippen LogP contribution < -0.4 is 0 Å². The molecule has 0 radical (unpaired) electrons. The van der Waals surface area contributed by atoms with E-state index >= 15 is 0 Å². The summed E-state index contributed by atoms with van der Waals surface area (Å²) in [6, 6.07) is 12.0. The maximum absolute atomic E-state index is 11.6. The van der Waals surface area contributed by atoms with Crippen molar-refractivity contribution in [1.29, 1.82) is 0 Å². The topological polar surface area (TPSA) is 52.6 Å². The van der Waals surface area contributed by atoms with Crippen LogP contribution in [0.4, 0.5) is 0 Å². The van der Waals surface area contributed by atoms with Gasteiger partial charge in [0, 0.05) is 0 Å². The molecule has 1 aliphatic rings. The van der Waals surface area contributed by atoms with Crippen LogP contribution in [-0.2, 0) is 19.1 Å². The number of carbonyl (C=O) groups excluding carboxylic acids is 2. The van der Waals surface area contributed by atoms with Crippen molar-refractivity contribution in [3.8, 4) is 0 Å². The van der Waals surface area contributed by atoms with E-state index in [1.165, 1.54) is 0 Å². The summed E-state index contributed by atoms with van der Waals surface area (Å²) < 4.78 is 9.97. The highest BCUT2D eigenvalue weighted by Gasteiger charge is 2.35. The van der Waals surface area contributed by atoms with Crippen LogP contribution in [-0.4, -0.2) is 25.2 Å². The molecule has 1 aromatic rings. The quantitative estimate of drug-likeness (QED) is 0.458. The first kappa shape index (κ1) is 17.2. The number of unbranched alkanes of at least 4 members (excludes halogenated alkanes) is 1. The van der Waals surface area contributed by atoms with Crippen LogP contribution in [0.3, 0.4) is 0 Å². The van der Waals surface area contributed by atoms with E-state index in [4.69, 9.17) is 9.47 Å². The van der Waals surface area contributed by atoms with E-state index in [9.17, 15) is 9.59 Å². The molecule has 1 aromatic carbocycles. The Balaban J connectivity index is 0.000000304. The monoisotopic (exact) mass is 292 g/mol. The SMILES string of the molecule is CCCCOC(=O)C1CCCC1OC=O.c1ccccc1. The van der Waals surface area contributed by atoms with Crippen molar-refractivity contribution in [3.05, 3.63) is 36.4 Å². The van der Waals surface area contributed by atoms with E-state index in [1.807, 2.05) is 43.3 Å². The lowest BCUT2D eigenvalue weighted by Crippen LogP contribution is -2.27. The van der Waals surface area contributed by atoms with E-state index in [-0.39, 0.29) is 18.0 Å². The highest BCUT2D eigenvalue weighted by Crippen LogP contribution is 2.28. The molecule has 4 nitrogen and oxygen atoms in total. The lowest BCUT2D eigenvalue weighted by Gasteiger charge is -2.16. The highest BCUT2D eigenvalue weighted by atomic mass is 16.5. The predicted octanol–water partition coefficient (Wildman–Crippen LogP) is 3.36. The Hall–Kier alpha value is -1.84. The Morgan fingerprint density at radius 1 is 1.14 bits per heavy atom. The van der Waals surface area contributed by atoms with Crippen molar-refractivity contribution in [1.82, 2.24) is 0 Å². The number of rotatable bonds is 6. The van der Waals surface area contributed by atoms with Gasteiger partial charge < -0.3 is 9.47 Å². The Morgan fingerprint density at radius 2 is 1.76 bits per heavy atom. The van der Waals surface area contributed by atoms with Crippen molar-refractivity contribution in [2.45, 2.75) is 45.1 Å². The Bertz CT molecular complexity index is 364. The first-order valence-corrected chi connectivity index (χ1v) is 7.55. The van der Waals surface area contributed by atoms with Crippen LogP contribution in [0.25, 0.3) is 0 Å². The molecule has 0 spiro atoms. The molecular formula is C17H24O4. The van der Waals surface area contributed by atoms with Gasteiger partial charge in [0.1, 0.15) is 6.10 Å². The predicted molar refractivity (Wildman–Crippen MR) is 80.6 cm³/mol. The number of hydrogen-bond donors (Lipinski definition) is 0. The van der Waals surface area contributed by atoms with E-state index < -0.39 is 0 Å². The summed E-state index contributed by atoms with van der Waals surface area (Å²) in [5, 5.41) is 0. The van der Waals surface area contributed by atoms with Crippen molar-refractivity contribution < 1.29 is 19.1 Å². The van der Waals surface area contributed by atoms with Crippen LogP contribution in [0.15, 0.2) is 36.4 Å². The fraction of sp³-hybridized carbons (Fsp3) is 0.529. The zero-order valence-corrected chi connectivity index (χ0v) is 12.6. The van der Waals surface area contributed by atoms with Gasteiger partial charge in [0.2, 0.25) is 0 Å². The average Bonchev–Trinajstić information content (AvgIpc) is 2.99. The molecule has 0 bridgehead atoms. The maximum atomic E-state index is 11.6. The van der Waals surface area contributed by atoms with Crippen molar-refractivity contribution >= 4 is 12.4 Å². The third kappa shape index (κ3) is 6.93. The zero-order valence-electron chi connectivity index (χ0n) is 12.6. The molecule has 0 N–H and O–H groups in total. The fourth-order valence-electron chi connectivity index (χ4n) is 2.24. The Kier molecular flexibility index (Phi) is 8.93. The molecule has 0 heterocycles. The highest BCUT2D eigenvalue weighted by molar-refractivity contribution is 5.73. The summed E-state index contributed by atoms with van der Waals surface area (Å²) in [5.74, 6) is -0.458. The lowest BCUT2D eigenvalue weighted by molar-refractivity contribution is -0.154. The molecule has 1 aliphatic carbocycles. The number of hydrogen-bond acceptors (Lipinski definition) is 4. The van der Waals surface area contributed by atoms with Crippen LogP contribution in [0.5, 0.6) is 0 Å². The van der Waals surface area contributed by atoms with Gasteiger partial charge in [0.15, 0.2) is 0 Å². The largest absolute Gasteiger partial charge is 0.465 e.